The van der Waals surface area contributed by atoms with Crippen LogP contribution in [0, 0.1) is 0 Å². The Kier molecular flexibility index (Phi) is 2.40. The van der Waals surface area contributed by atoms with Gasteiger partial charge in [-0.05, 0) is 13.0 Å². The molecule has 0 radical (unpaired) electrons. The SMILES string of the molecule is CC(=O)C(N)c1ccncc1O. The first-order valence-corrected chi connectivity index (χ1v) is 3.52. The Morgan fingerprint density at radius 1 is 1.75 bits per heavy atom. The van der Waals surface area contributed by atoms with Gasteiger partial charge in [0.15, 0.2) is 5.78 Å². The molecule has 0 aliphatic rings. The van der Waals surface area contributed by atoms with E-state index in [2.05, 4.69) is 4.98 Å². The highest BCUT2D eigenvalue weighted by atomic mass is 16.3. The average Bonchev–Trinajstić information content (AvgIpc) is 2.04. The summed E-state index contributed by atoms with van der Waals surface area (Å²) in [5.74, 6) is -0.225. The van der Waals surface area contributed by atoms with Crippen LogP contribution in [0.25, 0.3) is 0 Å². The van der Waals surface area contributed by atoms with Gasteiger partial charge in [0.1, 0.15) is 5.75 Å². The Bertz CT molecular complexity index is 299. The Hall–Kier alpha value is -1.42. The summed E-state index contributed by atoms with van der Waals surface area (Å²) in [6.45, 7) is 1.38. The van der Waals surface area contributed by atoms with E-state index >= 15 is 0 Å². The standard InChI is InChI=1S/C8H10N2O2/c1-5(11)8(9)6-2-3-10-4-7(6)12/h2-4,8,12H,9H2,1H3. The third kappa shape index (κ3) is 1.60. The van der Waals surface area contributed by atoms with Crippen LogP contribution < -0.4 is 5.73 Å². The predicted molar refractivity (Wildman–Crippen MR) is 43.5 cm³/mol. The molecule has 64 valence electrons. The largest absolute Gasteiger partial charge is 0.506 e. The highest BCUT2D eigenvalue weighted by Gasteiger charge is 2.14. The van der Waals surface area contributed by atoms with Crippen molar-refractivity contribution in [1.29, 1.82) is 0 Å². The van der Waals surface area contributed by atoms with Crippen LogP contribution in [0.1, 0.15) is 18.5 Å². The summed E-state index contributed by atoms with van der Waals surface area (Å²) in [5.41, 5.74) is 5.92. The first kappa shape index (κ1) is 8.67. The molecule has 3 N–H and O–H groups in total. The number of carbonyl (C=O) groups is 1. The molecule has 0 saturated carbocycles. The summed E-state index contributed by atoms with van der Waals surface area (Å²) in [6.07, 6.45) is 2.75. The lowest BCUT2D eigenvalue weighted by molar-refractivity contribution is -0.118. The van der Waals surface area contributed by atoms with Crippen molar-refractivity contribution < 1.29 is 9.90 Å². The summed E-state index contributed by atoms with van der Waals surface area (Å²) in [5, 5.41) is 9.24. The molecule has 0 fully saturated rings. The number of nitrogens with two attached hydrogens (primary N) is 1. The number of carbonyl (C=O) groups excluding carboxylic acids is 1. The molecule has 0 aliphatic heterocycles. The normalized spacial score (nSPS) is 12.5. The first-order valence-electron chi connectivity index (χ1n) is 3.52. The van der Waals surface area contributed by atoms with Gasteiger partial charge in [0.2, 0.25) is 0 Å². The van der Waals surface area contributed by atoms with Crippen LogP contribution in [0.15, 0.2) is 18.5 Å². The van der Waals surface area contributed by atoms with Gasteiger partial charge in [0.25, 0.3) is 0 Å². The molecule has 4 nitrogen and oxygen atoms in total. The minimum absolute atomic E-state index is 0.0415. The lowest BCUT2D eigenvalue weighted by atomic mass is 10.1. The molecule has 0 saturated heterocycles. The zero-order chi connectivity index (χ0) is 9.14. The summed E-state index contributed by atoms with van der Waals surface area (Å²) < 4.78 is 0. The number of ketones is 1. The number of hydrogen-bond donors (Lipinski definition) is 2. The van der Waals surface area contributed by atoms with Gasteiger partial charge in [-0.15, -0.1) is 0 Å². The number of nitrogens with zero attached hydrogens (tertiary/aromatic N) is 1. The second kappa shape index (κ2) is 3.32. The fourth-order valence-corrected chi connectivity index (χ4v) is 0.879. The second-order valence-corrected chi connectivity index (χ2v) is 2.52. The van der Waals surface area contributed by atoms with Gasteiger partial charge in [0, 0.05) is 11.8 Å². The fourth-order valence-electron chi connectivity index (χ4n) is 0.879. The van der Waals surface area contributed by atoms with Crippen molar-refractivity contribution in [2.75, 3.05) is 0 Å². The molecule has 0 aromatic carbocycles. The van der Waals surface area contributed by atoms with Crippen molar-refractivity contribution in [2.24, 2.45) is 5.73 Å². The Morgan fingerprint density at radius 2 is 2.42 bits per heavy atom. The molecule has 4 heteroatoms. The maximum atomic E-state index is 10.8. The van der Waals surface area contributed by atoms with E-state index in [9.17, 15) is 9.90 Å². The second-order valence-electron chi connectivity index (χ2n) is 2.52. The van der Waals surface area contributed by atoms with Gasteiger partial charge >= 0.3 is 0 Å². The van der Waals surface area contributed by atoms with Crippen molar-refractivity contribution >= 4 is 5.78 Å². The van der Waals surface area contributed by atoms with E-state index in [0.29, 0.717) is 5.56 Å². The van der Waals surface area contributed by atoms with Crippen molar-refractivity contribution in [3.8, 4) is 5.75 Å². The van der Waals surface area contributed by atoms with Gasteiger partial charge in [-0.25, -0.2) is 0 Å². The Morgan fingerprint density at radius 3 is 2.92 bits per heavy atom. The van der Waals surface area contributed by atoms with E-state index in [1.807, 2.05) is 0 Å². The molecule has 1 rings (SSSR count). The minimum atomic E-state index is -0.756. The quantitative estimate of drug-likeness (QED) is 0.665. The number of aromatic hydroxyl groups is 1. The van der Waals surface area contributed by atoms with Gasteiger partial charge in [0.05, 0.1) is 12.2 Å². The summed E-state index contributed by atoms with van der Waals surface area (Å²) in [4.78, 5) is 14.5. The van der Waals surface area contributed by atoms with Crippen LogP contribution in [0.4, 0.5) is 0 Å². The Balaban J connectivity index is 3.02. The van der Waals surface area contributed by atoms with Crippen molar-refractivity contribution in [1.82, 2.24) is 4.98 Å². The minimum Gasteiger partial charge on any atom is -0.506 e. The highest BCUT2D eigenvalue weighted by Crippen LogP contribution is 2.20. The molecule has 0 spiro atoms. The monoisotopic (exact) mass is 166 g/mol. The Labute approximate surface area is 70.0 Å². The number of rotatable bonds is 2. The van der Waals surface area contributed by atoms with Crippen LogP contribution in [-0.4, -0.2) is 15.9 Å². The van der Waals surface area contributed by atoms with Crippen LogP contribution in [0.2, 0.25) is 0 Å². The molecule has 12 heavy (non-hydrogen) atoms. The maximum absolute atomic E-state index is 10.8. The molecule has 0 aliphatic carbocycles. The van der Waals surface area contributed by atoms with Crippen LogP contribution in [0.3, 0.4) is 0 Å². The van der Waals surface area contributed by atoms with Crippen LogP contribution >= 0.6 is 0 Å². The topological polar surface area (TPSA) is 76.2 Å². The van der Waals surface area contributed by atoms with Gasteiger partial charge in [-0.3, -0.25) is 9.78 Å². The van der Waals surface area contributed by atoms with Crippen molar-refractivity contribution in [2.45, 2.75) is 13.0 Å². The number of pyridine rings is 1. The van der Waals surface area contributed by atoms with E-state index in [1.54, 1.807) is 0 Å². The van der Waals surface area contributed by atoms with Gasteiger partial charge < -0.3 is 10.8 Å². The van der Waals surface area contributed by atoms with E-state index < -0.39 is 6.04 Å². The number of Topliss-reactive ketones (excluding diaryl/α,β-unsaturated/α-hetero) is 1. The number of hydrogen-bond acceptors (Lipinski definition) is 4. The molecule has 1 aromatic rings. The molecule has 1 atom stereocenters. The molecule has 1 aromatic heterocycles. The molecular weight excluding hydrogens is 156 g/mol. The van der Waals surface area contributed by atoms with Gasteiger partial charge in [-0.2, -0.15) is 0 Å². The van der Waals surface area contributed by atoms with Crippen LogP contribution in [0.5, 0.6) is 5.75 Å². The van der Waals surface area contributed by atoms with Crippen molar-refractivity contribution in [3.63, 3.8) is 0 Å². The van der Waals surface area contributed by atoms with Crippen molar-refractivity contribution in [3.05, 3.63) is 24.0 Å². The summed E-state index contributed by atoms with van der Waals surface area (Å²) in [7, 11) is 0. The molecule has 1 unspecified atom stereocenters. The van der Waals surface area contributed by atoms with E-state index in [-0.39, 0.29) is 11.5 Å². The maximum Gasteiger partial charge on any atom is 0.151 e. The van der Waals surface area contributed by atoms with Crippen LogP contribution in [-0.2, 0) is 4.79 Å². The number of aromatic nitrogens is 1. The first-order chi connectivity index (χ1) is 5.63. The molecule has 0 amide bonds. The summed E-state index contributed by atoms with van der Waals surface area (Å²) in [6, 6.07) is 0.773. The van der Waals surface area contributed by atoms with E-state index in [0.717, 1.165) is 0 Å². The molecule has 1 heterocycles. The lowest BCUT2D eigenvalue weighted by Gasteiger charge is -2.08. The third-order valence-electron chi connectivity index (χ3n) is 1.61. The predicted octanol–water partition coefficient (Wildman–Crippen LogP) is 0.376. The zero-order valence-corrected chi connectivity index (χ0v) is 6.69. The third-order valence-corrected chi connectivity index (χ3v) is 1.61. The summed E-state index contributed by atoms with van der Waals surface area (Å²) >= 11 is 0. The molecular formula is C8H10N2O2. The van der Waals surface area contributed by atoms with E-state index in [4.69, 9.17) is 5.73 Å². The smallest absolute Gasteiger partial charge is 0.151 e. The van der Waals surface area contributed by atoms with E-state index in [1.165, 1.54) is 25.4 Å². The lowest BCUT2D eigenvalue weighted by Crippen LogP contribution is -2.18. The zero-order valence-electron chi connectivity index (χ0n) is 6.69. The fraction of sp³-hybridized carbons (Fsp3) is 0.250. The average molecular weight is 166 g/mol. The highest BCUT2D eigenvalue weighted by molar-refractivity contribution is 5.83. The molecule has 0 bridgehead atoms. The van der Waals surface area contributed by atoms with Gasteiger partial charge in [-0.1, -0.05) is 0 Å².